The number of hydrogen-bond acceptors (Lipinski definition) is 5. The fourth-order valence-corrected chi connectivity index (χ4v) is 5.10. The summed E-state index contributed by atoms with van der Waals surface area (Å²) in [6, 6.07) is 2.01. The number of nitrogens with zero attached hydrogens (tertiary/aromatic N) is 4. The van der Waals surface area contributed by atoms with Gasteiger partial charge in [-0.25, -0.2) is 18.7 Å². The molecule has 1 atom stereocenters. The van der Waals surface area contributed by atoms with E-state index in [2.05, 4.69) is 24.8 Å². The molecule has 0 radical (unpaired) electrons. The van der Waals surface area contributed by atoms with Gasteiger partial charge in [0.1, 0.15) is 11.2 Å². The summed E-state index contributed by atoms with van der Waals surface area (Å²) in [5.41, 5.74) is 2.61. The Morgan fingerprint density at radius 2 is 2.00 bits per heavy atom. The highest BCUT2D eigenvalue weighted by Crippen LogP contribution is 2.66. The van der Waals surface area contributed by atoms with E-state index in [-0.39, 0.29) is 24.2 Å². The largest absolute Gasteiger partial charge is 0.365 e. The molecule has 4 aliphatic rings. The highest BCUT2D eigenvalue weighted by molar-refractivity contribution is 6.01. The van der Waals surface area contributed by atoms with Crippen LogP contribution in [-0.4, -0.2) is 60.4 Å². The number of hydrogen-bond donors (Lipinski definition) is 3. The lowest BCUT2D eigenvalue weighted by atomic mass is 9.44. The van der Waals surface area contributed by atoms with E-state index in [1.165, 1.54) is 4.90 Å². The molecule has 136 valence electrons. The number of halogens is 2. The summed E-state index contributed by atoms with van der Waals surface area (Å²) in [5.74, 6) is -2.67. The fourth-order valence-electron chi connectivity index (χ4n) is 5.10. The molecule has 7 nitrogen and oxygen atoms in total. The highest BCUT2D eigenvalue weighted by Gasteiger charge is 2.70. The number of H-pyrrole nitrogens is 1. The molecule has 1 unspecified atom stereocenters. The van der Waals surface area contributed by atoms with Crippen molar-refractivity contribution < 1.29 is 13.9 Å². The SMILES string of the molecule is OC(NC12CC(n3cnc4cnc5[nH]ccc5c43)(C1)C2)N1CC(F)(F)C1. The maximum absolute atomic E-state index is 13.0. The summed E-state index contributed by atoms with van der Waals surface area (Å²) in [4.78, 5) is 13.4. The van der Waals surface area contributed by atoms with E-state index < -0.39 is 12.3 Å². The van der Waals surface area contributed by atoms with Crippen molar-refractivity contribution in [1.82, 2.24) is 29.7 Å². The predicted molar refractivity (Wildman–Crippen MR) is 89.6 cm³/mol. The van der Waals surface area contributed by atoms with Crippen molar-refractivity contribution in [2.24, 2.45) is 0 Å². The normalized spacial score (nSPS) is 33.7. The molecule has 0 spiro atoms. The van der Waals surface area contributed by atoms with Crippen LogP contribution in [0.3, 0.4) is 0 Å². The van der Waals surface area contributed by atoms with Gasteiger partial charge in [-0.2, -0.15) is 0 Å². The van der Waals surface area contributed by atoms with Crippen LogP contribution >= 0.6 is 0 Å². The molecule has 0 aromatic carbocycles. The number of pyridine rings is 1. The van der Waals surface area contributed by atoms with Gasteiger partial charge in [0.15, 0.2) is 6.35 Å². The third kappa shape index (κ3) is 1.80. The van der Waals surface area contributed by atoms with Gasteiger partial charge < -0.3 is 14.7 Å². The number of nitrogens with one attached hydrogen (secondary N) is 2. The summed E-state index contributed by atoms with van der Waals surface area (Å²) in [7, 11) is 0. The Hall–Kier alpha value is -2.10. The molecule has 7 rings (SSSR count). The Morgan fingerprint density at radius 1 is 1.23 bits per heavy atom. The van der Waals surface area contributed by atoms with Crippen LogP contribution in [-0.2, 0) is 5.54 Å². The van der Waals surface area contributed by atoms with Gasteiger partial charge in [0.25, 0.3) is 5.92 Å². The Kier molecular flexibility index (Phi) is 2.55. The van der Waals surface area contributed by atoms with Crippen LogP contribution in [0, 0.1) is 0 Å². The first-order valence-corrected chi connectivity index (χ1v) is 8.76. The third-order valence-corrected chi connectivity index (χ3v) is 6.26. The van der Waals surface area contributed by atoms with Crippen molar-refractivity contribution in [2.45, 2.75) is 42.6 Å². The summed E-state index contributed by atoms with van der Waals surface area (Å²) in [6.07, 6.45) is 7.10. The van der Waals surface area contributed by atoms with Crippen molar-refractivity contribution in [3.8, 4) is 0 Å². The Labute approximate surface area is 147 Å². The van der Waals surface area contributed by atoms with Crippen LogP contribution in [0.25, 0.3) is 22.1 Å². The molecular weight excluding hydrogens is 342 g/mol. The second kappa shape index (κ2) is 4.41. The van der Waals surface area contributed by atoms with Gasteiger partial charge in [0.05, 0.1) is 36.7 Å². The first-order valence-electron chi connectivity index (χ1n) is 8.76. The van der Waals surface area contributed by atoms with Crippen LogP contribution in [0.1, 0.15) is 19.3 Å². The number of likely N-dealkylation sites (tertiary alicyclic amines) is 1. The van der Waals surface area contributed by atoms with Crippen molar-refractivity contribution in [3.63, 3.8) is 0 Å². The van der Waals surface area contributed by atoms with Crippen LogP contribution in [0.15, 0.2) is 24.8 Å². The van der Waals surface area contributed by atoms with Crippen LogP contribution in [0.2, 0.25) is 0 Å². The van der Waals surface area contributed by atoms with Crippen molar-refractivity contribution in [1.29, 1.82) is 0 Å². The minimum Gasteiger partial charge on any atom is -0.365 e. The lowest BCUT2D eigenvalue weighted by molar-refractivity contribution is -0.226. The molecule has 4 heterocycles. The lowest BCUT2D eigenvalue weighted by Crippen LogP contribution is -2.81. The number of imidazole rings is 1. The zero-order valence-corrected chi connectivity index (χ0v) is 13.9. The zero-order valence-electron chi connectivity index (χ0n) is 13.9. The van der Waals surface area contributed by atoms with E-state index in [4.69, 9.17) is 0 Å². The number of aliphatic hydroxyl groups excluding tert-OH is 1. The van der Waals surface area contributed by atoms with Crippen LogP contribution in [0.5, 0.6) is 0 Å². The fraction of sp³-hybridized carbons (Fsp3) is 0.529. The third-order valence-electron chi connectivity index (χ3n) is 6.26. The number of aromatic amines is 1. The molecule has 3 aliphatic carbocycles. The summed E-state index contributed by atoms with van der Waals surface area (Å²) in [5, 5.41) is 14.4. The molecule has 0 amide bonds. The Morgan fingerprint density at radius 3 is 2.73 bits per heavy atom. The molecule has 3 aromatic heterocycles. The van der Waals surface area contributed by atoms with E-state index in [9.17, 15) is 13.9 Å². The second-order valence-electron chi connectivity index (χ2n) is 8.16. The van der Waals surface area contributed by atoms with Crippen LogP contribution < -0.4 is 5.32 Å². The van der Waals surface area contributed by atoms with E-state index in [1.54, 1.807) is 6.20 Å². The van der Waals surface area contributed by atoms with Gasteiger partial charge >= 0.3 is 0 Å². The highest BCUT2D eigenvalue weighted by atomic mass is 19.3. The summed E-state index contributed by atoms with van der Waals surface area (Å²) < 4.78 is 28.2. The Bertz CT molecular complexity index is 1010. The average Bonchev–Trinajstić information content (AvgIpc) is 3.12. The van der Waals surface area contributed by atoms with Crippen molar-refractivity contribution in [2.75, 3.05) is 13.1 Å². The predicted octanol–water partition coefficient (Wildman–Crippen LogP) is 1.36. The van der Waals surface area contributed by atoms with Gasteiger partial charge in [0, 0.05) is 17.1 Å². The average molecular weight is 360 g/mol. The second-order valence-corrected chi connectivity index (χ2v) is 8.16. The molecule has 3 N–H and O–H groups in total. The van der Waals surface area contributed by atoms with Gasteiger partial charge in [0.2, 0.25) is 0 Å². The number of alkyl halides is 2. The zero-order chi connectivity index (χ0) is 17.7. The summed E-state index contributed by atoms with van der Waals surface area (Å²) in [6.45, 7) is -0.764. The first kappa shape index (κ1) is 15.0. The molecule has 1 saturated heterocycles. The molecule has 1 aliphatic heterocycles. The quantitative estimate of drug-likeness (QED) is 0.612. The Balaban J connectivity index is 1.24. The van der Waals surface area contributed by atoms with Gasteiger partial charge in [-0.1, -0.05) is 0 Å². The first-order chi connectivity index (χ1) is 12.4. The lowest BCUT2D eigenvalue weighted by Gasteiger charge is -2.71. The van der Waals surface area contributed by atoms with Gasteiger partial charge in [-0.3, -0.25) is 10.2 Å². The standard InChI is InChI=1S/C17H18F2N6O/c18-17(19)7-24(8-17)14(26)23-15-4-16(5-15,6-15)25-9-22-11-3-21-13-10(12(11)25)1-2-20-13/h1-3,9,14,23,26H,4-8H2,(H,20,21). The van der Waals surface area contributed by atoms with Crippen molar-refractivity contribution >= 4 is 22.1 Å². The molecule has 26 heavy (non-hydrogen) atoms. The molecule has 9 heteroatoms. The van der Waals surface area contributed by atoms with E-state index in [0.29, 0.717) is 0 Å². The number of aromatic nitrogens is 4. The van der Waals surface area contributed by atoms with E-state index in [0.717, 1.165) is 41.3 Å². The van der Waals surface area contributed by atoms with E-state index >= 15 is 0 Å². The maximum Gasteiger partial charge on any atom is 0.273 e. The minimum atomic E-state index is -2.67. The minimum absolute atomic E-state index is 0.00803. The van der Waals surface area contributed by atoms with Gasteiger partial charge in [-0.15, -0.1) is 0 Å². The number of aliphatic hydroxyl groups is 1. The molecule has 2 bridgehead atoms. The topological polar surface area (TPSA) is 82.0 Å². The monoisotopic (exact) mass is 360 g/mol. The number of rotatable bonds is 4. The molecular formula is C17H18F2N6O. The van der Waals surface area contributed by atoms with Gasteiger partial charge in [-0.05, 0) is 25.3 Å². The maximum atomic E-state index is 13.0. The molecule has 4 fully saturated rings. The number of fused-ring (bicyclic) bond motifs is 3. The summed E-state index contributed by atoms with van der Waals surface area (Å²) >= 11 is 0. The molecule has 3 saturated carbocycles. The van der Waals surface area contributed by atoms with E-state index in [1.807, 2.05) is 18.6 Å². The molecule has 3 aromatic rings. The smallest absolute Gasteiger partial charge is 0.273 e. The van der Waals surface area contributed by atoms with Crippen molar-refractivity contribution in [3.05, 3.63) is 24.8 Å². The van der Waals surface area contributed by atoms with Crippen LogP contribution in [0.4, 0.5) is 8.78 Å².